The van der Waals surface area contributed by atoms with Gasteiger partial charge >= 0.3 is 0 Å². The number of fused-ring (bicyclic) bond motifs is 1. The Balaban J connectivity index is 1.94. The van der Waals surface area contributed by atoms with Crippen LogP contribution in [0.25, 0.3) is 11.6 Å². The van der Waals surface area contributed by atoms with Gasteiger partial charge in [-0.1, -0.05) is 18.7 Å². The fourth-order valence-electron chi connectivity index (χ4n) is 2.81. The Hall–Kier alpha value is -1.41. The summed E-state index contributed by atoms with van der Waals surface area (Å²) in [6.07, 6.45) is 10.5. The highest BCUT2D eigenvalue weighted by Gasteiger charge is 2.33. The largest absolute Gasteiger partial charge is 0.310 e. The molecule has 2 unspecified atom stereocenters. The third-order valence-corrected chi connectivity index (χ3v) is 3.65. The van der Waals surface area contributed by atoms with Crippen molar-refractivity contribution < 1.29 is 0 Å². The van der Waals surface area contributed by atoms with E-state index in [-0.39, 0.29) is 0 Å². The summed E-state index contributed by atoms with van der Waals surface area (Å²) < 4.78 is 0. The molecular formula is C14H16N2. The van der Waals surface area contributed by atoms with Gasteiger partial charge in [0.05, 0.1) is 0 Å². The van der Waals surface area contributed by atoms with E-state index in [1.807, 2.05) is 18.5 Å². The minimum atomic E-state index is 0.557. The third-order valence-electron chi connectivity index (χ3n) is 3.65. The summed E-state index contributed by atoms with van der Waals surface area (Å²) in [7, 11) is 0. The average molecular weight is 212 g/mol. The van der Waals surface area contributed by atoms with Gasteiger partial charge in [-0.25, -0.2) is 0 Å². The summed E-state index contributed by atoms with van der Waals surface area (Å²) in [5.41, 5.74) is 3.78. The van der Waals surface area contributed by atoms with Gasteiger partial charge in [0, 0.05) is 18.4 Å². The molecule has 82 valence electrons. The molecule has 1 saturated heterocycles. The van der Waals surface area contributed by atoms with Crippen LogP contribution in [0.4, 0.5) is 0 Å². The summed E-state index contributed by atoms with van der Waals surface area (Å²) in [5.74, 6) is 0.808. The van der Waals surface area contributed by atoms with Crippen LogP contribution in [0.5, 0.6) is 0 Å². The van der Waals surface area contributed by atoms with E-state index in [1.54, 1.807) is 0 Å². The second-order valence-electron chi connectivity index (χ2n) is 4.59. The second-order valence-corrected chi connectivity index (χ2v) is 4.59. The van der Waals surface area contributed by atoms with E-state index in [0.717, 1.165) is 18.0 Å². The fraction of sp³-hybridized carbons (Fsp3) is 0.357. The van der Waals surface area contributed by atoms with E-state index < -0.39 is 0 Å². The molecule has 1 aliphatic carbocycles. The Morgan fingerprint density at radius 3 is 3.25 bits per heavy atom. The van der Waals surface area contributed by atoms with E-state index >= 15 is 0 Å². The van der Waals surface area contributed by atoms with Gasteiger partial charge in [-0.05, 0) is 48.1 Å². The van der Waals surface area contributed by atoms with E-state index in [9.17, 15) is 0 Å². The number of nitrogens with one attached hydrogen (secondary N) is 1. The highest BCUT2D eigenvalue weighted by molar-refractivity contribution is 5.73. The Morgan fingerprint density at radius 1 is 1.44 bits per heavy atom. The lowest BCUT2D eigenvalue weighted by Gasteiger charge is -2.15. The summed E-state index contributed by atoms with van der Waals surface area (Å²) in [5, 5.41) is 3.58. The summed E-state index contributed by atoms with van der Waals surface area (Å²) >= 11 is 0. The maximum absolute atomic E-state index is 4.27. The van der Waals surface area contributed by atoms with Crippen LogP contribution in [0.15, 0.2) is 31.1 Å². The minimum absolute atomic E-state index is 0.557. The van der Waals surface area contributed by atoms with Crippen LogP contribution >= 0.6 is 0 Å². The second kappa shape index (κ2) is 3.87. The molecule has 1 fully saturated rings. The quantitative estimate of drug-likeness (QED) is 0.814. The lowest BCUT2D eigenvalue weighted by atomic mass is 9.96. The van der Waals surface area contributed by atoms with Crippen molar-refractivity contribution in [2.45, 2.75) is 18.9 Å². The number of aromatic nitrogens is 1. The molecule has 0 bridgehead atoms. The first-order valence-electron chi connectivity index (χ1n) is 5.90. The molecule has 1 aromatic rings. The van der Waals surface area contributed by atoms with Crippen LogP contribution in [0.2, 0.25) is 0 Å². The van der Waals surface area contributed by atoms with E-state index in [2.05, 4.69) is 29.0 Å². The number of hydrogen-bond donors (Lipinski definition) is 1. The molecule has 2 heteroatoms. The van der Waals surface area contributed by atoms with Crippen LogP contribution in [-0.2, 0) is 0 Å². The molecule has 16 heavy (non-hydrogen) atoms. The molecule has 1 N–H and O–H groups in total. The maximum Gasteiger partial charge on any atom is 0.0355 e. The van der Waals surface area contributed by atoms with Gasteiger partial charge in [0.1, 0.15) is 0 Å². The Kier molecular flexibility index (Phi) is 2.37. The Morgan fingerprint density at radius 2 is 2.38 bits per heavy atom. The predicted molar refractivity (Wildman–Crippen MR) is 66.8 cm³/mol. The van der Waals surface area contributed by atoms with Crippen molar-refractivity contribution >= 4 is 11.6 Å². The first-order valence-corrected chi connectivity index (χ1v) is 5.90. The molecule has 0 aromatic carbocycles. The standard InChI is InChI=1S/C14H16N2/c1-2-10-7-12(9-15-8-10)13-4-3-11-5-6-16-14(11)13/h2,4,7-9,11,14,16H,1,3,5-6H2. The average Bonchev–Trinajstić information content (AvgIpc) is 2.90. The Bertz CT molecular complexity index is 448. The lowest BCUT2D eigenvalue weighted by molar-refractivity contribution is 0.557. The fourth-order valence-corrected chi connectivity index (χ4v) is 2.81. The molecule has 2 aliphatic rings. The first kappa shape index (κ1) is 9.79. The van der Waals surface area contributed by atoms with Gasteiger partial charge in [-0.15, -0.1) is 0 Å². The van der Waals surface area contributed by atoms with Gasteiger partial charge in [-0.3, -0.25) is 4.98 Å². The van der Waals surface area contributed by atoms with E-state index in [0.29, 0.717) is 6.04 Å². The van der Waals surface area contributed by atoms with Crippen LogP contribution in [0, 0.1) is 5.92 Å². The predicted octanol–water partition coefficient (Wildman–Crippen LogP) is 2.49. The highest BCUT2D eigenvalue weighted by atomic mass is 15.0. The zero-order chi connectivity index (χ0) is 11.0. The SMILES string of the molecule is C=Cc1cncc(C2=CCC3CCNC23)c1. The number of pyridine rings is 1. The van der Waals surface area contributed by atoms with Crippen molar-refractivity contribution in [3.63, 3.8) is 0 Å². The van der Waals surface area contributed by atoms with Gasteiger partial charge in [0.25, 0.3) is 0 Å². The van der Waals surface area contributed by atoms with E-state index in [1.165, 1.54) is 24.0 Å². The maximum atomic E-state index is 4.27. The van der Waals surface area contributed by atoms with E-state index in [4.69, 9.17) is 0 Å². The van der Waals surface area contributed by atoms with Crippen LogP contribution < -0.4 is 5.32 Å². The topological polar surface area (TPSA) is 24.9 Å². The number of rotatable bonds is 2. The van der Waals surface area contributed by atoms with Gasteiger partial charge in [-0.2, -0.15) is 0 Å². The zero-order valence-corrected chi connectivity index (χ0v) is 9.32. The molecule has 1 aromatic heterocycles. The molecule has 2 atom stereocenters. The molecule has 0 saturated carbocycles. The monoisotopic (exact) mass is 212 g/mol. The van der Waals surface area contributed by atoms with Crippen LogP contribution in [0.1, 0.15) is 24.0 Å². The minimum Gasteiger partial charge on any atom is -0.310 e. The molecule has 3 rings (SSSR count). The molecule has 2 heterocycles. The highest BCUT2D eigenvalue weighted by Crippen LogP contribution is 2.37. The molecule has 2 nitrogen and oxygen atoms in total. The summed E-state index contributed by atoms with van der Waals surface area (Å²) in [6, 6.07) is 2.73. The van der Waals surface area contributed by atoms with Crippen molar-refractivity contribution in [3.8, 4) is 0 Å². The number of hydrogen-bond acceptors (Lipinski definition) is 2. The molecular weight excluding hydrogens is 196 g/mol. The lowest BCUT2D eigenvalue weighted by Crippen LogP contribution is -2.24. The van der Waals surface area contributed by atoms with Crippen molar-refractivity contribution in [1.29, 1.82) is 0 Å². The van der Waals surface area contributed by atoms with Crippen LogP contribution in [0.3, 0.4) is 0 Å². The Labute approximate surface area is 96.1 Å². The van der Waals surface area contributed by atoms with Crippen molar-refractivity contribution in [3.05, 3.63) is 42.2 Å². The number of allylic oxidation sites excluding steroid dienone is 1. The van der Waals surface area contributed by atoms with Gasteiger partial charge in [0.2, 0.25) is 0 Å². The summed E-state index contributed by atoms with van der Waals surface area (Å²) in [4.78, 5) is 4.27. The smallest absolute Gasteiger partial charge is 0.0355 e. The van der Waals surface area contributed by atoms with Gasteiger partial charge in [0.15, 0.2) is 0 Å². The molecule has 0 radical (unpaired) electrons. The third kappa shape index (κ3) is 1.50. The van der Waals surface area contributed by atoms with Crippen molar-refractivity contribution in [2.75, 3.05) is 6.54 Å². The zero-order valence-electron chi connectivity index (χ0n) is 9.32. The molecule has 0 amide bonds. The van der Waals surface area contributed by atoms with Crippen molar-refractivity contribution in [1.82, 2.24) is 10.3 Å². The molecule has 0 spiro atoms. The number of nitrogens with zero attached hydrogens (tertiary/aromatic N) is 1. The normalized spacial score (nSPS) is 27.6. The first-order chi connectivity index (χ1) is 7.88. The summed E-state index contributed by atoms with van der Waals surface area (Å²) in [6.45, 7) is 4.94. The van der Waals surface area contributed by atoms with Gasteiger partial charge < -0.3 is 5.32 Å². The van der Waals surface area contributed by atoms with Crippen LogP contribution in [-0.4, -0.2) is 17.6 Å². The van der Waals surface area contributed by atoms with Crippen molar-refractivity contribution in [2.24, 2.45) is 5.92 Å². The molecule has 1 aliphatic heterocycles.